The van der Waals surface area contributed by atoms with Crippen LogP contribution in [-0.4, -0.2) is 48.9 Å². The lowest BCUT2D eigenvalue weighted by Crippen LogP contribution is -2.44. The molecule has 21 heavy (non-hydrogen) atoms. The van der Waals surface area contributed by atoms with E-state index in [1.165, 1.54) is 6.92 Å². The van der Waals surface area contributed by atoms with Gasteiger partial charge in [-0.3, -0.25) is 4.79 Å². The zero-order valence-electron chi connectivity index (χ0n) is 12.3. The summed E-state index contributed by atoms with van der Waals surface area (Å²) in [6.45, 7) is 2.60. The third-order valence-electron chi connectivity index (χ3n) is 4.16. The Balaban J connectivity index is 1.97. The lowest BCUT2D eigenvalue weighted by atomic mass is 9.89. The predicted molar refractivity (Wildman–Crippen MR) is 81.0 cm³/mol. The summed E-state index contributed by atoms with van der Waals surface area (Å²) in [6, 6.07) is 7.13. The van der Waals surface area contributed by atoms with E-state index in [-0.39, 0.29) is 11.7 Å². The summed E-state index contributed by atoms with van der Waals surface area (Å²) in [5.41, 5.74) is 1.15. The van der Waals surface area contributed by atoms with Gasteiger partial charge in [0, 0.05) is 19.3 Å². The van der Waals surface area contributed by atoms with Gasteiger partial charge < -0.3 is 10.0 Å². The van der Waals surface area contributed by atoms with Crippen LogP contribution in [0.3, 0.4) is 0 Å². The molecule has 2 rings (SSSR count). The molecule has 1 heterocycles. The smallest absolute Gasteiger partial charge is 0.240 e. The molecule has 0 bridgehead atoms. The van der Waals surface area contributed by atoms with Gasteiger partial charge in [0.05, 0.1) is 0 Å². The first-order valence-electron chi connectivity index (χ1n) is 7.05. The number of aromatic hydroxyl groups is 1. The summed E-state index contributed by atoms with van der Waals surface area (Å²) in [6.07, 6.45) is 2.72. The van der Waals surface area contributed by atoms with Crippen molar-refractivity contribution < 1.29 is 18.3 Å². The van der Waals surface area contributed by atoms with Gasteiger partial charge in [0.2, 0.25) is 5.91 Å². The molecule has 1 fully saturated rings. The van der Waals surface area contributed by atoms with Crippen molar-refractivity contribution in [3.8, 4) is 5.75 Å². The number of carbonyl (C=O) groups excluding carboxylic acids is 1. The minimum absolute atomic E-state index is 0.244. The highest BCUT2D eigenvalue weighted by Gasteiger charge is 2.31. The van der Waals surface area contributed by atoms with E-state index in [9.17, 15) is 18.3 Å². The molecular weight excluding hydrogens is 290 g/mol. The molecule has 1 aromatic rings. The molecule has 1 atom stereocenters. The van der Waals surface area contributed by atoms with Gasteiger partial charge in [0.25, 0.3) is 0 Å². The molecule has 1 amide bonds. The average Bonchev–Trinajstić information content (AvgIpc) is 2.46. The van der Waals surface area contributed by atoms with E-state index in [2.05, 4.69) is 0 Å². The van der Waals surface area contributed by atoms with E-state index >= 15 is 0 Å². The van der Waals surface area contributed by atoms with Crippen LogP contribution in [0.5, 0.6) is 5.75 Å². The third kappa shape index (κ3) is 3.75. The van der Waals surface area contributed by atoms with Crippen molar-refractivity contribution in [1.82, 2.24) is 4.90 Å². The predicted octanol–water partition coefficient (Wildman–Crippen LogP) is 1.53. The topological polar surface area (TPSA) is 74.7 Å². The molecule has 0 spiro atoms. The number of benzene rings is 1. The minimum Gasteiger partial charge on any atom is -0.508 e. The molecule has 5 nitrogen and oxygen atoms in total. The van der Waals surface area contributed by atoms with Crippen molar-refractivity contribution in [3.63, 3.8) is 0 Å². The van der Waals surface area contributed by atoms with Gasteiger partial charge >= 0.3 is 0 Å². The average molecular weight is 311 g/mol. The maximum atomic E-state index is 12.1. The first-order valence-corrected chi connectivity index (χ1v) is 9.01. The highest BCUT2D eigenvalue weighted by molar-refractivity contribution is 7.92. The summed E-state index contributed by atoms with van der Waals surface area (Å²) in [5.74, 6) is 0.290. The number of piperidine rings is 1. The van der Waals surface area contributed by atoms with E-state index in [1.54, 1.807) is 17.0 Å². The number of hydrogen-bond donors (Lipinski definition) is 1. The Labute approximate surface area is 125 Å². The van der Waals surface area contributed by atoms with Gasteiger partial charge in [-0.25, -0.2) is 8.42 Å². The van der Waals surface area contributed by atoms with Gasteiger partial charge in [-0.1, -0.05) is 12.1 Å². The Kier molecular flexibility index (Phi) is 4.56. The molecule has 6 heteroatoms. The van der Waals surface area contributed by atoms with Crippen molar-refractivity contribution in [2.75, 3.05) is 19.3 Å². The van der Waals surface area contributed by atoms with Crippen LogP contribution < -0.4 is 0 Å². The first kappa shape index (κ1) is 15.8. The number of nitrogens with zero attached hydrogens (tertiary/aromatic N) is 1. The van der Waals surface area contributed by atoms with Gasteiger partial charge in [-0.05, 0) is 43.4 Å². The fourth-order valence-electron chi connectivity index (χ4n) is 2.62. The van der Waals surface area contributed by atoms with Crippen LogP contribution in [0.2, 0.25) is 0 Å². The van der Waals surface area contributed by atoms with E-state index in [4.69, 9.17) is 0 Å². The molecule has 1 saturated heterocycles. The number of carbonyl (C=O) groups is 1. The number of phenols is 1. The van der Waals surface area contributed by atoms with Crippen LogP contribution in [0.1, 0.15) is 31.2 Å². The minimum atomic E-state index is -3.34. The number of amides is 1. The summed E-state index contributed by atoms with van der Waals surface area (Å²) in [4.78, 5) is 13.8. The summed E-state index contributed by atoms with van der Waals surface area (Å²) >= 11 is 0. The molecule has 1 aliphatic heterocycles. The molecule has 1 unspecified atom stereocenters. The van der Waals surface area contributed by atoms with E-state index in [0.29, 0.717) is 19.0 Å². The summed E-state index contributed by atoms with van der Waals surface area (Å²) in [7, 11) is -3.34. The SMILES string of the molecule is CC(C(=O)N1CCC(c2ccc(O)cc2)CC1)S(C)(=O)=O. The summed E-state index contributed by atoms with van der Waals surface area (Å²) < 4.78 is 22.9. The number of hydrogen-bond acceptors (Lipinski definition) is 4. The molecule has 116 valence electrons. The second-order valence-corrected chi connectivity index (χ2v) is 8.03. The monoisotopic (exact) mass is 311 g/mol. The maximum absolute atomic E-state index is 12.1. The normalized spacial score (nSPS) is 18.5. The van der Waals surface area contributed by atoms with Crippen molar-refractivity contribution in [1.29, 1.82) is 0 Å². The Morgan fingerprint density at radius 1 is 1.24 bits per heavy atom. The standard InChI is InChI=1S/C15H21NO4S/c1-11(21(2,19)20)15(18)16-9-7-13(8-10-16)12-3-5-14(17)6-4-12/h3-6,11,13,17H,7-10H2,1-2H3. The number of rotatable bonds is 3. The second-order valence-electron chi connectivity index (χ2n) is 5.66. The highest BCUT2D eigenvalue weighted by atomic mass is 32.2. The van der Waals surface area contributed by atoms with E-state index in [1.807, 2.05) is 12.1 Å². The second kappa shape index (κ2) is 6.05. The highest BCUT2D eigenvalue weighted by Crippen LogP contribution is 2.29. The van der Waals surface area contributed by atoms with Crippen LogP contribution >= 0.6 is 0 Å². The molecular formula is C15H21NO4S. The first-order chi connectivity index (χ1) is 9.79. The molecule has 0 radical (unpaired) electrons. The van der Waals surface area contributed by atoms with Crippen LogP contribution in [0.4, 0.5) is 0 Å². The van der Waals surface area contributed by atoms with Crippen LogP contribution in [-0.2, 0) is 14.6 Å². The van der Waals surface area contributed by atoms with Crippen molar-refractivity contribution in [2.24, 2.45) is 0 Å². The van der Waals surface area contributed by atoms with Gasteiger partial charge in [-0.2, -0.15) is 0 Å². The quantitative estimate of drug-likeness (QED) is 0.918. The Bertz CT molecular complexity index is 601. The third-order valence-corrected chi connectivity index (χ3v) is 5.65. The van der Waals surface area contributed by atoms with Crippen LogP contribution in [0.25, 0.3) is 0 Å². The lowest BCUT2D eigenvalue weighted by Gasteiger charge is -2.33. The Morgan fingerprint density at radius 2 is 1.76 bits per heavy atom. The maximum Gasteiger partial charge on any atom is 0.240 e. The van der Waals surface area contributed by atoms with Crippen molar-refractivity contribution in [2.45, 2.75) is 30.9 Å². The molecule has 1 N–H and O–H groups in total. The number of phenolic OH excluding ortho intramolecular Hbond substituents is 1. The molecule has 1 aromatic carbocycles. The van der Waals surface area contributed by atoms with Crippen molar-refractivity contribution in [3.05, 3.63) is 29.8 Å². The van der Waals surface area contributed by atoms with Gasteiger partial charge in [-0.15, -0.1) is 0 Å². The molecule has 0 aliphatic carbocycles. The fraction of sp³-hybridized carbons (Fsp3) is 0.533. The zero-order chi connectivity index (χ0) is 15.6. The van der Waals surface area contributed by atoms with E-state index in [0.717, 1.165) is 24.7 Å². The molecule has 0 saturated carbocycles. The van der Waals surface area contributed by atoms with Crippen LogP contribution in [0, 0.1) is 0 Å². The van der Waals surface area contributed by atoms with Gasteiger partial charge in [0.1, 0.15) is 11.0 Å². The number of likely N-dealkylation sites (tertiary alicyclic amines) is 1. The van der Waals surface area contributed by atoms with Gasteiger partial charge in [0.15, 0.2) is 9.84 Å². The van der Waals surface area contributed by atoms with Crippen LogP contribution in [0.15, 0.2) is 24.3 Å². The van der Waals surface area contributed by atoms with E-state index < -0.39 is 15.1 Å². The molecule has 0 aromatic heterocycles. The Hall–Kier alpha value is -1.56. The lowest BCUT2D eigenvalue weighted by molar-refractivity contribution is -0.131. The summed E-state index contributed by atoms with van der Waals surface area (Å²) in [5, 5.41) is 8.33. The fourth-order valence-corrected chi connectivity index (χ4v) is 3.14. The zero-order valence-corrected chi connectivity index (χ0v) is 13.1. The molecule has 1 aliphatic rings. The number of sulfone groups is 1. The Morgan fingerprint density at radius 3 is 2.24 bits per heavy atom. The van der Waals surface area contributed by atoms with Crippen molar-refractivity contribution >= 4 is 15.7 Å². The largest absolute Gasteiger partial charge is 0.508 e.